The molecule has 1 fully saturated rings. The van der Waals surface area contributed by atoms with Crippen LogP contribution in [0.3, 0.4) is 0 Å². The van der Waals surface area contributed by atoms with Crippen LogP contribution in [0.4, 0.5) is 11.4 Å². The Hall–Kier alpha value is -2.24. The lowest BCUT2D eigenvalue weighted by Crippen LogP contribution is -2.37. The van der Waals surface area contributed by atoms with E-state index in [1.54, 1.807) is 0 Å². The Balaban J connectivity index is 1.81. The van der Waals surface area contributed by atoms with Gasteiger partial charge in [-0.2, -0.15) is 0 Å². The summed E-state index contributed by atoms with van der Waals surface area (Å²) in [4.78, 5) is 14.6. The lowest BCUT2D eigenvalue weighted by molar-refractivity contribution is 0.0526. The number of rotatable bonds is 6. The van der Waals surface area contributed by atoms with E-state index in [0.717, 1.165) is 35.1 Å². The molecule has 0 bridgehead atoms. The Morgan fingerprint density at radius 2 is 2.00 bits per heavy atom. The molecule has 1 heterocycles. The number of esters is 1. The lowest BCUT2D eigenvalue weighted by Gasteiger charge is -2.30. The van der Waals surface area contributed by atoms with Crippen LogP contribution in [0.15, 0.2) is 42.5 Å². The van der Waals surface area contributed by atoms with Crippen LogP contribution < -0.4 is 10.2 Å². The molecule has 0 unspecified atom stereocenters. The van der Waals surface area contributed by atoms with Crippen LogP contribution in [-0.4, -0.2) is 38.9 Å². The number of halogens is 1. The van der Waals surface area contributed by atoms with Crippen LogP contribution in [0.25, 0.3) is 0 Å². The Labute approximate surface area is 158 Å². The molecule has 1 N–H and O–H groups in total. The highest BCUT2D eigenvalue weighted by molar-refractivity contribution is 6.31. The fourth-order valence-corrected chi connectivity index (χ4v) is 3.14. The molecule has 138 valence electrons. The van der Waals surface area contributed by atoms with Gasteiger partial charge in [-0.25, -0.2) is 4.79 Å². The zero-order valence-electron chi connectivity index (χ0n) is 14.8. The van der Waals surface area contributed by atoms with Gasteiger partial charge >= 0.3 is 5.97 Å². The Morgan fingerprint density at radius 3 is 2.73 bits per heavy atom. The van der Waals surface area contributed by atoms with E-state index in [4.69, 9.17) is 21.1 Å². The highest BCUT2D eigenvalue weighted by atomic mass is 35.5. The molecule has 1 saturated heterocycles. The zero-order valence-corrected chi connectivity index (χ0v) is 15.6. The van der Waals surface area contributed by atoms with E-state index in [1.807, 2.05) is 49.4 Å². The van der Waals surface area contributed by atoms with E-state index in [1.165, 1.54) is 0 Å². The first-order chi connectivity index (χ1) is 12.7. The molecule has 1 aliphatic heterocycles. The second-order valence-electron chi connectivity index (χ2n) is 6.00. The fourth-order valence-electron chi connectivity index (χ4n) is 2.94. The molecule has 6 heteroatoms. The molecule has 0 aliphatic carbocycles. The van der Waals surface area contributed by atoms with Gasteiger partial charge in [0.2, 0.25) is 0 Å². The molecule has 0 radical (unpaired) electrons. The topological polar surface area (TPSA) is 50.8 Å². The van der Waals surface area contributed by atoms with Gasteiger partial charge < -0.3 is 19.7 Å². The average molecular weight is 375 g/mol. The number of carbonyl (C=O) groups is 1. The fraction of sp³-hybridized carbons (Fsp3) is 0.350. The van der Waals surface area contributed by atoms with Crippen LogP contribution in [0, 0.1) is 0 Å². The van der Waals surface area contributed by atoms with Gasteiger partial charge in [0.05, 0.1) is 31.1 Å². The third-order valence-corrected chi connectivity index (χ3v) is 4.65. The summed E-state index contributed by atoms with van der Waals surface area (Å²) >= 11 is 6.21. The maximum atomic E-state index is 12.5. The molecule has 1 aliphatic rings. The summed E-state index contributed by atoms with van der Waals surface area (Å²) in [5.41, 5.74) is 3.31. The summed E-state index contributed by atoms with van der Waals surface area (Å²) < 4.78 is 10.7. The Bertz CT molecular complexity index is 760. The minimum atomic E-state index is -0.310. The van der Waals surface area contributed by atoms with Gasteiger partial charge in [0.15, 0.2) is 0 Å². The normalized spacial score (nSPS) is 14.2. The number of nitrogens with zero attached hydrogens (tertiary/aromatic N) is 1. The van der Waals surface area contributed by atoms with Crippen molar-refractivity contribution in [1.82, 2.24) is 0 Å². The summed E-state index contributed by atoms with van der Waals surface area (Å²) in [6.45, 7) is 5.59. The number of hydrogen-bond acceptors (Lipinski definition) is 5. The first-order valence-corrected chi connectivity index (χ1v) is 9.18. The quantitative estimate of drug-likeness (QED) is 0.775. The molecule has 3 rings (SSSR count). The molecule has 0 spiro atoms. The SMILES string of the molecule is CCOC(=O)c1cc(NCc2ccccc2Cl)ccc1N1CCOCC1. The monoisotopic (exact) mass is 374 g/mol. The number of morpholine rings is 1. The number of anilines is 2. The van der Waals surface area contributed by atoms with Crippen molar-refractivity contribution in [3.8, 4) is 0 Å². The third-order valence-electron chi connectivity index (χ3n) is 4.28. The summed E-state index contributed by atoms with van der Waals surface area (Å²) in [7, 11) is 0. The van der Waals surface area contributed by atoms with Crippen molar-refractivity contribution in [3.63, 3.8) is 0 Å². The summed E-state index contributed by atoms with van der Waals surface area (Å²) in [5.74, 6) is -0.310. The molecule has 0 saturated carbocycles. The predicted octanol–water partition coefficient (Wildman–Crippen LogP) is 3.97. The van der Waals surface area contributed by atoms with Crippen molar-refractivity contribution in [3.05, 3.63) is 58.6 Å². The largest absolute Gasteiger partial charge is 0.462 e. The molecule has 2 aromatic rings. The van der Waals surface area contributed by atoms with Gasteiger partial charge in [0.25, 0.3) is 0 Å². The van der Waals surface area contributed by atoms with Crippen molar-refractivity contribution in [2.75, 3.05) is 43.1 Å². The molecular formula is C20H23ClN2O3. The lowest BCUT2D eigenvalue weighted by atomic mass is 10.1. The first kappa shape index (κ1) is 18.5. The smallest absolute Gasteiger partial charge is 0.340 e. The summed E-state index contributed by atoms with van der Waals surface area (Å²) in [5, 5.41) is 4.05. The van der Waals surface area contributed by atoms with E-state index in [9.17, 15) is 4.79 Å². The van der Waals surface area contributed by atoms with Gasteiger partial charge in [-0.05, 0) is 36.8 Å². The maximum Gasteiger partial charge on any atom is 0.340 e. The highest BCUT2D eigenvalue weighted by Crippen LogP contribution is 2.27. The Morgan fingerprint density at radius 1 is 1.23 bits per heavy atom. The van der Waals surface area contributed by atoms with E-state index < -0.39 is 0 Å². The summed E-state index contributed by atoms with van der Waals surface area (Å²) in [6.07, 6.45) is 0. The van der Waals surface area contributed by atoms with Crippen LogP contribution in [0.1, 0.15) is 22.8 Å². The van der Waals surface area contributed by atoms with Gasteiger partial charge in [-0.3, -0.25) is 0 Å². The molecular weight excluding hydrogens is 352 g/mol. The molecule has 0 atom stereocenters. The van der Waals surface area contributed by atoms with E-state index in [-0.39, 0.29) is 5.97 Å². The van der Waals surface area contributed by atoms with Gasteiger partial charge in [-0.15, -0.1) is 0 Å². The predicted molar refractivity (Wildman–Crippen MR) is 104 cm³/mol. The standard InChI is InChI=1S/C20H23ClN2O3/c1-2-26-20(24)17-13-16(22-14-15-5-3-4-6-18(15)21)7-8-19(17)23-9-11-25-12-10-23/h3-8,13,22H,2,9-12,14H2,1H3. The molecule has 0 amide bonds. The van der Waals surface area contributed by atoms with Crippen LogP contribution >= 0.6 is 11.6 Å². The van der Waals surface area contributed by atoms with Gasteiger partial charge in [-0.1, -0.05) is 29.8 Å². The average Bonchev–Trinajstić information content (AvgIpc) is 2.68. The number of carbonyl (C=O) groups excluding carboxylic acids is 1. The van der Waals surface area contributed by atoms with E-state index >= 15 is 0 Å². The molecule has 26 heavy (non-hydrogen) atoms. The highest BCUT2D eigenvalue weighted by Gasteiger charge is 2.20. The number of benzene rings is 2. The van der Waals surface area contributed by atoms with Crippen molar-refractivity contribution < 1.29 is 14.3 Å². The van der Waals surface area contributed by atoms with Crippen molar-refractivity contribution >= 4 is 28.9 Å². The second kappa shape index (κ2) is 8.92. The van der Waals surface area contributed by atoms with Gasteiger partial charge in [0, 0.05) is 30.3 Å². The minimum absolute atomic E-state index is 0.310. The third kappa shape index (κ3) is 4.48. The Kier molecular flexibility index (Phi) is 6.36. The number of nitrogens with one attached hydrogen (secondary N) is 1. The van der Waals surface area contributed by atoms with E-state index in [2.05, 4.69) is 10.2 Å². The summed E-state index contributed by atoms with van der Waals surface area (Å²) in [6, 6.07) is 13.5. The first-order valence-electron chi connectivity index (χ1n) is 8.80. The second-order valence-corrected chi connectivity index (χ2v) is 6.40. The van der Waals surface area contributed by atoms with Crippen molar-refractivity contribution in [2.24, 2.45) is 0 Å². The van der Waals surface area contributed by atoms with E-state index in [0.29, 0.717) is 31.9 Å². The zero-order chi connectivity index (χ0) is 18.4. The number of ether oxygens (including phenoxy) is 2. The van der Waals surface area contributed by atoms with Crippen LogP contribution in [0.5, 0.6) is 0 Å². The van der Waals surface area contributed by atoms with Crippen molar-refractivity contribution in [2.45, 2.75) is 13.5 Å². The minimum Gasteiger partial charge on any atom is -0.462 e. The van der Waals surface area contributed by atoms with Crippen molar-refractivity contribution in [1.29, 1.82) is 0 Å². The number of hydrogen-bond donors (Lipinski definition) is 1. The van der Waals surface area contributed by atoms with Crippen LogP contribution in [-0.2, 0) is 16.0 Å². The molecule has 2 aromatic carbocycles. The van der Waals surface area contributed by atoms with Crippen LogP contribution in [0.2, 0.25) is 5.02 Å². The van der Waals surface area contributed by atoms with Gasteiger partial charge in [0.1, 0.15) is 0 Å². The maximum absolute atomic E-state index is 12.5. The molecule has 0 aromatic heterocycles. The molecule has 5 nitrogen and oxygen atoms in total.